The maximum atomic E-state index is 15.2. The Morgan fingerprint density at radius 2 is 1.48 bits per heavy atom. The van der Waals surface area contributed by atoms with E-state index in [2.05, 4.69) is 6.58 Å². The van der Waals surface area contributed by atoms with Crippen molar-refractivity contribution in [2.45, 2.75) is 28.5 Å². The molecule has 3 aromatic rings. The summed E-state index contributed by atoms with van der Waals surface area (Å²) in [5, 5.41) is 11.1. The summed E-state index contributed by atoms with van der Waals surface area (Å²) in [6, 6.07) is 10.2. The number of phenols is 1. The molecule has 0 spiro atoms. The van der Waals surface area contributed by atoms with Gasteiger partial charge >= 0.3 is 0 Å². The molecular weight excluding hydrogens is 710 g/mol. The maximum Gasteiger partial charge on any atom is 0.258 e. The van der Waals surface area contributed by atoms with Crippen LogP contribution >= 0.6 is 23.2 Å². The highest BCUT2D eigenvalue weighted by Gasteiger charge is 2.77. The second-order valence-corrected chi connectivity index (χ2v) is 13.7. The summed E-state index contributed by atoms with van der Waals surface area (Å²) in [4.78, 5) is 51.9. The van der Waals surface area contributed by atoms with Gasteiger partial charge in [-0.05, 0) is 54.7 Å². The summed E-state index contributed by atoms with van der Waals surface area (Å²) < 4.78 is 78.6. The number of nitrogens with zero attached hydrogens (tertiary/aromatic N) is 2. The van der Waals surface area contributed by atoms with Crippen molar-refractivity contribution in [1.82, 2.24) is 0 Å². The molecule has 2 saturated heterocycles. The molecule has 3 aromatic carbocycles. The molecule has 6 atom stereocenters. The molecule has 50 heavy (non-hydrogen) atoms. The number of benzene rings is 3. The number of imide groups is 2. The molecule has 1 N–H and O–H groups in total. The Hall–Kier alpha value is -4.75. The van der Waals surface area contributed by atoms with Gasteiger partial charge in [0.1, 0.15) is 17.2 Å². The van der Waals surface area contributed by atoms with Crippen molar-refractivity contribution in [1.29, 1.82) is 0 Å². The molecule has 6 unspecified atom stereocenters. The molecule has 3 fully saturated rings. The van der Waals surface area contributed by atoms with Crippen molar-refractivity contribution in [2.24, 2.45) is 17.8 Å². The lowest BCUT2D eigenvalue weighted by Crippen LogP contribution is -2.60. The summed E-state index contributed by atoms with van der Waals surface area (Å²) in [5.74, 6) is -22.2. The van der Waals surface area contributed by atoms with Crippen LogP contribution in [0.2, 0.25) is 0 Å². The average Bonchev–Trinajstić information content (AvgIpc) is 3.45. The van der Waals surface area contributed by atoms with Crippen LogP contribution in [0.1, 0.15) is 29.9 Å². The van der Waals surface area contributed by atoms with E-state index in [0.717, 1.165) is 4.90 Å². The van der Waals surface area contributed by atoms with E-state index in [1.807, 2.05) is 0 Å². The number of allylic oxidation sites excluding steroid dienone is 2. The molecular formula is C35H23Cl2F5N2O6. The lowest BCUT2D eigenvalue weighted by molar-refractivity contribution is -0.125. The maximum absolute atomic E-state index is 15.2. The van der Waals surface area contributed by atoms with Crippen molar-refractivity contribution >= 4 is 64.3 Å². The second kappa shape index (κ2) is 11.4. The van der Waals surface area contributed by atoms with Crippen LogP contribution in [0, 0.1) is 46.8 Å². The minimum Gasteiger partial charge on any atom is -0.508 e. The number of rotatable bonds is 5. The number of alkyl halides is 2. The van der Waals surface area contributed by atoms with Crippen molar-refractivity contribution in [3.63, 3.8) is 0 Å². The summed E-state index contributed by atoms with van der Waals surface area (Å²) in [5.41, 5.74) is -0.904. The highest BCUT2D eigenvalue weighted by molar-refractivity contribution is 6.58. The third kappa shape index (κ3) is 4.22. The smallest absolute Gasteiger partial charge is 0.258 e. The van der Waals surface area contributed by atoms with E-state index in [0.29, 0.717) is 5.56 Å². The molecule has 2 aliphatic heterocycles. The van der Waals surface area contributed by atoms with E-state index in [4.69, 9.17) is 27.9 Å². The minimum absolute atomic E-state index is 0.0602. The minimum atomic E-state index is -2.78. The largest absolute Gasteiger partial charge is 0.508 e. The molecule has 0 aromatic heterocycles. The first-order valence-corrected chi connectivity index (χ1v) is 15.8. The van der Waals surface area contributed by atoms with E-state index in [-0.39, 0.29) is 33.9 Å². The van der Waals surface area contributed by atoms with Crippen LogP contribution in [0.3, 0.4) is 0 Å². The molecule has 7 rings (SSSR count). The fourth-order valence-corrected chi connectivity index (χ4v) is 8.74. The molecule has 4 amide bonds. The molecule has 0 bridgehead atoms. The van der Waals surface area contributed by atoms with E-state index in [1.165, 1.54) is 31.4 Å². The number of fused-ring (bicyclic) bond motifs is 4. The first kappa shape index (κ1) is 33.7. The van der Waals surface area contributed by atoms with E-state index in [9.17, 15) is 37.5 Å². The number of aromatic hydroxyl groups is 1. The number of ether oxygens (including phenoxy) is 1. The van der Waals surface area contributed by atoms with Gasteiger partial charge < -0.3 is 9.84 Å². The molecule has 4 aliphatic rings. The summed E-state index contributed by atoms with van der Waals surface area (Å²) in [6.45, 7) is 3.68. The van der Waals surface area contributed by atoms with Crippen LogP contribution in [0.4, 0.5) is 33.3 Å². The molecule has 2 aliphatic carbocycles. The Morgan fingerprint density at radius 1 is 0.860 bits per heavy atom. The van der Waals surface area contributed by atoms with Gasteiger partial charge in [0.25, 0.3) is 11.8 Å². The topological polar surface area (TPSA) is 104 Å². The molecule has 8 nitrogen and oxygen atoms in total. The van der Waals surface area contributed by atoms with Gasteiger partial charge in [-0.1, -0.05) is 36.4 Å². The third-order valence-corrected chi connectivity index (χ3v) is 11.6. The van der Waals surface area contributed by atoms with Gasteiger partial charge in [-0.15, -0.1) is 23.2 Å². The number of halogens is 7. The zero-order chi connectivity index (χ0) is 36.2. The lowest BCUT2D eigenvalue weighted by atomic mass is 9.56. The number of phenolic OH excluding ortho intramolecular Hbond substituents is 1. The highest BCUT2D eigenvalue weighted by atomic mass is 35.5. The Bertz CT molecular complexity index is 2080. The Kier molecular flexibility index (Phi) is 7.68. The van der Waals surface area contributed by atoms with Crippen LogP contribution in [0.15, 0.2) is 60.7 Å². The SMILES string of the molecule is C=Cc1ccc(N2C(=O)C3CC=C4C(CC5(Cl)C(=O)N(c6c(F)c(F)c(F)c(F)c6F)C(=O)C5(Cl)C4c4cc(OC)ccc4O)C3C2=O)cc1. The monoisotopic (exact) mass is 732 g/mol. The zero-order valence-corrected chi connectivity index (χ0v) is 27.2. The van der Waals surface area contributed by atoms with Gasteiger partial charge in [0, 0.05) is 11.5 Å². The number of hydrogen-bond donors (Lipinski definition) is 1. The predicted octanol–water partition coefficient (Wildman–Crippen LogP) is 6.51. The summed E-state index contributed by atoms with van der Waals surface area (Å²) >= 11 is 14.2. The number of anilines is 2. The van der Waals surface area contributed by atoms with Gasteiger partial charge in [0.15, 0.2) is 33.0 Å². The highest BCUT2D eigenvalue weighted by Crippen LogP contribution is 2.67. The number of amides is 4. The Morgan fingerprint density at radius 3 is 2.08 bits per heavy atom. The summed E-state index contributed by atoms with van der Waals surface area (Å²) in [7, 11) is 1.29. The first-order valence-electron chi connectivity index (χ1n) is 15.1. The van der Waals surface area contributed by atoms with Gasteiger partial charge in [0.05, 0.1) is 24.6 Å². The quantitative estimate of drug-likeness (QED) is 0.0802. The van der Waals surface area contributed by atoms with Crippen LogP contribution in [-0.4, -0.2) is 45.6 Å². The Labute approximate surface area is 290 Å². The van der Waals surface area contributed by atoms with Gasteiger partial charge in [-0.25, -0.2) is 26.9 Å². The first-order chi connectivity index (χ1) is 23.6. The van der Waals surface area contributed by atoms with Crippen molar-refractivity contribution < 1.29 is 51.0 Å². The van der Waals surface area contributed by atoms with Crippen LogP contribution in [0.25, 0.3) is 6.08 Å². The van der Waals surface area contributed by atoms with Crippen molar-refractivity contribution in [2.75, 3.05) is 16.9 Å². The number of methoxy groups -OCH3 is 1. The molecule has 0 radical (unpaired) electrons. The van der Waals surface area contributed by atoms with Gasteiger partial charge in [-0.3, -0.25) is 24.1 Å². The number of carbonyl (C=O) groups excluding carboxylic acids is 4. The standard InChI is InChI=1S/C35H23Cl2F5N2O6/c1-3-14-4-6-15(7-5-14)43-30(46)18-10-9-17-20(22(18)31(43)47)13-34(36)32(48)44(29-27(41)25(39)24(38)26(40)28(29)42)33(49)35(34,37)23(17)19-12-16(50-2)8-11-21(19)45/h3-9,11-12,18,20,22-23,45H,1,10,13H2,2H3. The van der Waals surface area contributed by atoms with Crippen LogP contribution in [-0.2, 0) is 19.2 Å². The fourth-order valence-electron chi connectivity index (χ4n) is 7.82. The van der Waals surface area contributed by atoms with Gasteiger partial charge in [0.2, 0.25) is 17.6 Å². The Balaban J connectivity index is 1.44. The predicted molar refractivity (Wildman–Crippen MR) is 170 cm³/mol. The number of hydrogen-bond acceptors (Lipinski definition) is 6. The zero-order valence-electron chi connectivity index (χ0n) is 25.7. The molecule has 2 heterocycles. The van der Waals surface area contributed by atoms with E-state index < -0.39 is 104 Å². The van der Waals surface area contributed by atoms with Crippen molar-refractivity contribution in [3.8, 4) is 11.5 Å². The molecule has 1 saturated carbocycles. The summed E-state index contributed by atoms with van der Waals surface area (Å²) in [6.07, 6.45) is 2.36. The van der Waals surface area contributed by atoms with E-state index >= 15 is 8.78 Å². The van der Waals surface area contributed by atoms with Crippen LogP contribution in [0.5, 0.6) is 11.5 Å². The average molecular weight is 733 g/mol. The fraction of sp³-hybridized carbons (Fsp3) is 0.257. The van der Waals surface area contributed by atoms with Crippen molar-refractivity contribution in [3.05, 3.63) is 101 Å². The molecule has 258 valence electrons. The second-order valence-electron chi connectivity index (χ2n) is 12.4. The van der Waals surface area contributed by atoms with Gasteiger partial charge in [-0.2, -0.15) is 0 Å². The van der Waals surface area contributed by atoms with E-state index in [1.54, 1.807) is 30.3 Å². The normalized spacial score (nSPS) is 28.8. The lowest BCUT2D eigenvalue weighted by Gasteiger charge is -2.50. The third-order valence-electron chi connectivity index (χ3n) is 10.2. The van der Waals surface area contributed by atoms with Crippen LogP contribution < -0.4 is 14.5 Å². The molecule has 15 heteroatoms. The number of carbonyl (C=O) groups is 4.